The lowest BCUT2D eigenvalue weighted by atomic mass is 10.2. The lowest BCUT2D eigenvalue weighted by Gasteiger charge is -2.15. The number of aryl methyl sites for hydroxylation is 1. The van der Waals surface area contributed by atoms with Gasteiger partial charge in [-0.15, -0.1) is 13.2 Å². The van der Waals surface area contributed by atoms with Gasteiger partial charge in [0.2, 0.25) is 5.88 Å². The number of benzene rings is 2. The highest BCUT2D eigenvalue weighted by atomic mass is 79.9. The number of anilines is 2. The van der Waals surface area contributed by atoms with E-state index in [1.165, 1.54) is 24.3 Å². The Hall–Kier alpha value is -3.27. The van der Waals surface area contributed by atoms with Crippen LogP contribution in [-0.4, -0.2) is 17.4 Å². The molecule has 0 saturated heterocycles. The number of rotatable bonds is 5. The number of para-hydroxylation sites is 2. The number of halogens is 4. The SMILES string of the molecule is Cc1ccc(NC(=O)Nc2ccc(Br)nc2Oc2ccccc2OC(F)(F)F)cc1. The molecule has 0 saturated carbocycles. The van der Waals surface area contributed by atoms with Crippen molar-refractivity contribution in [3.63, 3.8) is 0 Å². The molecule has 1 aromatic heterocycles. The first kappa shape index (κ1) is 21.4. The van der Waals surface area contributed by atoms with E-state index in [0.717, 1.165) is 11.6 Å². The van der Waals surface area contributed by atoms with Crippen LogP contribution in [0.1, 0.15) is 5.56 Å². The van der Waals surface area contributed by atoms with Crippen molar-refractivity contribution in [3.8, 4) is 17.4 Å². The highest BCUT2D eigenvalue weighted by molar-refractivity contribution is 9.10. The Bertz CT molecular complexity index is 1040. The molecule has 0 spiro atoms. The van der Waals surface area contributed by atoms with E-state index in [1.54, 1.807) is 18.2 Å². The van der Waals surface area contributed by atoms with Gasteiger partial charge in [-0.1, -0.05) is 29.8 Å². The second-order valence-electron chi connectivity index (χ2n) is 6.03. The molecule has 0 aliphatic carbocycles. The molecule has 2 amide bonds. The molecule has 6 nitrogen and oxygen atoms in total. The maximum absolute atomic E-state index is 12.6. The fourth-order valence-corrected chi connectivity index (χ4v) is 2.65. The molecule has 30 heavy (non-hydrogen) atoms. The van der Waals surface area contributed by atoms with Crippen molar-refractivity contribution in [2.75, 3.05) is 10.6 Å². The molecular weight excluding hydrogens is 467 g/mol. The van der Waals surface area contributed by atoms with Crippen molar-refractivity contribution in [2.24, 2.45) is 0 Å². The molecule has 0 fully saturated rings. The molecule has 10 heteroatoms. The molecule has 0 atom stereocenters. The Kier molecular flexibility index (Phi) is 6.46. The highest BCUT2D eigenvalue weighted by Gasteiger charge is 2.32. The van der Waals surface area contributed by atoms with Gasteiger partial charge in [-0.25, -0.2) is 9.78 Å². The second-order valence-corrected chi connectivity index (χ2v) is 6.84. The van der Waals surface area contributed by atoms with Crippen molar-refractivity contribution in [1.82, 2.24) is 4.98 Å². The van der Waals surface area contributed by atoms with E-state index < -0.39 is 18.1 Å². The van der Waals surface area contributed by atoms with E-state index in [2.05, 4.69) is 36.3 Å². The molecule has 0 aliphatic rings. The average molecular weight is 482 g/mol. The number of nitrogens with one attached hydrogen (secondary N) is 2. The van der Waals surface area contributed by atoms with Crippen LogP contribution in [0.2, 0.25) is 0 Å². The van der Waals surface area contributed by atoms with Crippen LogP contribution in [0.5, 0.6) is 17.4 Å². The summed E-state index contributed by atoms with van der Waals surface area (Å²) in [6.07, 6.45) is -4.89. The normalized spacial score (nSPS) is 11.0. The summed E-state index contributed by atoms with van der Waals surface area (Å²) < 4.78 is 47.8. The minimum absolute atomic E-state index is 0.123. The predicted molar refractivity (Wildman–Crippen MR) is 109 cm³/mol. The number of aromatic nitrogens is 1. The third-order valence-electron chi connectivity index (χ3n) is 3.67. The second kappa shape index (κ2) is 9.04. The molecule has 0 aliphatic heterocycles. The summed E-state index contributed by atoms with van der Waals surface area (Å²) in [4.78, 5) is 16.4. The van der Waals surface area contributed by atoms with Crippen LogP contribution in [0.25, 0.3) is 0 Å². The zero-order valence-electron chi connectivity index (χ0n) is 15.5. The number of urea groups is 1. The van der Waals surface area contributed by atoms with Crippen LogP contribution in [0, 0.1) is 6.92 Å². The Morgan fingerprint density at radius 1 is 0.967 bits per heavy atom. The number of hydrogen-bond acceptors (Lipinski definition) is 4. The minimum atomic E-state index is -4.89. The third kappa shape index (κ3) is 6.11. The van der Waals surface area contributed by atoms with Gasteiger partial charge in [-0.2, -0.15) is 0 Å². The maximum atomic E-state index is 12.6. The lowest BCUT2D eigenvalue weighted by molar-refractivity contribution is -0.275. The van der Waals surface area contributed by atoms with Crippen LogP contribution in [0.15, 0.2) is 65.3 Å². The molecule has 0 bridgehead atoms. The molecule has 0 unspecified atom stereocenters. The largest absolute Gasteiger partial charge is 0.573 e. The molecule has 2 aromatic carbocycles. The molecule has 156 valence electrons. The molecule has 3 rings (SSSR count). The summed E-state index contributed by atoms with van der Waals surface area (Å²) in [5.41, 5.74) is 1.74. The van der Waals surface area contributed by atoms with Crippen LogP contribution < -0.4 is 20.1 Å². The summed E-state index contributed by atoms with van der Waals surface area (Å²) >= 11 is 3.17. The summed E-state index contributed by atoms with van der Waals surface area (Å²) in [5.74, 6) is -0.883. The summed E-state index contributed by atoms with van der Waals surface area (Å²) in [7, 11) is 0. The van der Waals surface area contributed by atoms with Crippen molar-refractivity contribution in [2.45, 2.75) is 13.3 Å². The number of alkyl halides is 3. The average Bonchev–Trinajstić information content (AvgIpc) is 2.66. The van der Waals surface area contributed by atoms with Crippen molar-refractivity contribution in [1.29, 1.82) is 0 Å². The number of ether oxygens (including phenoxy) is 2. The van der Waals surface area contributed by atoms with Crippen LogP contribution in [-0.2, 0) is 0 Å². The van der Waals surface area contributed by atoms with Gasteiger partial charge in [0, 0.05) is 5.69 Å². The summed E-state index contributed by atoms with van der Waals surface area (Å²) in [6.45, 7) is 1.92. The number of pyridine rings is 1. The number of hydrogen-bond donors (Lipinski definition) is 2. The number of carbonyl (C=O) groups is 1. The van der Waals surface area contributed by atoms with Crippen molar-refractivity contribution < 1.29 is 27.4 Å². The topological polar surface area (TPSA) is 72.5 Å². The first-order chi connectivity index (χ1) is 14.2. The number of amides is 2. The van der Waals surface area contributed by atoms with Gasteiger partial charge in [0.05, 0.1) is 0 Å². The van der Waals surface area contributed by atoms with Crippen LogP contribution >= 0.6 is 15.9 Å². The van der Waals surface area contributed by atoms with E-state index in [-0.39, 0.29) is 17.3 Å². The maximum Gasteiger partial charge on any atom is 0.573 e. The first-order valence-corrected chi connectivity index (χ1v) is 9.33. The van der Waals surface area contributed by atoms with E-state index in [4.69, 9.17) is 4.74 Å². The van der Waals surface area contributed by atoms with Gasteiger partial charge in [-0.3, -0.25) is 0 Å². The first-order valence-electron chi connectivity index (χ1n) is 8.53. The van der Waals surface area contributed by atoms with Gasteiger partial charge >= 0.3 is 12.4 Å². The number of nitrogens with zero attached hydrogens (tertiary/aromatic N) is 1. The summed E-state index contributed by atoms with van der Waals surface area (Å²) in [6, 6.07) is 14.9. The number of carbonyl (C=O) groups excluding carboxylic acids is 1. The lowest BCUT2D eigenvalue weighted by Crippen LogP contribution is -2.20. The third-order valence-corrected chi connectivity index (χ3v) is 4.11. The molecule has 1 heterocycles. The zero-order valence-corrected chi connectivity index (χ0v) is 17.0. The van der Waals surface area contributed by atoms with Crippen LogP contribution in [0.4, 0.5) is 29.3 Å². The Labute approximate surface area is 178 Å². The predicted octanol–water partition coefficient (Wildman–Crippen LogP) is 6.49. The van der Waals surface area contributed by atoms with E-state index >= 15 is 0 Å². The Morgan fingerprint density at radius 3 is 2.30 bits per heavy atom. The Morgan fingerprint density at radius 2 is 1.63 bits per heavy atom. The molecule has 2 N–H and O–H groups in total. The van der Waals surface area contributed by atoms with E-state index in [9.17, 15) is 18.0 Å². The minimum Gasteiger partial charge on any atom is -0.433 e. The van der Waals surface area contributed by atoms with Gasteiger partial charge < -0.3 is 20.1 Å². The summed E-state index contributed by atoms with van der Waals surface area (Å²) in [5, 5.41) is 5.21. The van der Waals surface area contributed by atoms with Gasteiger partial charge in [0.15, 0.2) is 11.5 Å². The van der Waals surface area contributed by atoms with Crippen molar-refractivity contribution >= 4 is 33.3 Å². The van der Waals surface area contributed by atoms with E-state index in [0.29, 0.717) is 10.3 Å². The van der Waals surface area contributed by atoms with Gasteiger partial charge in [-0.05, 0) is 59.3 Å². The fraction of sp³-hybridized carbons (Fsp3) is 0.100. The van der Waals surface area contributed by atoms with Crippen LogP contribution in [0.3, 0.4) is 0 Å². The highest BCUT2D eigenvalue weighted by Crippen LogP contribution is 2.37. The standard InChI is InChI=1S/C20H15BrF3N3O3/c1-12-6-8-13(9-7-12)25-19(28)26-14-10-11-17(21)27-18(14)29-15-4-2-3-5-16(15)30-20(22,23)24/h2-11H,1H3,(H2,25,26,28). The smallest absolute Gasteiger partial charge is 0.433 e. The molecule has 0 radical (unpaired) electrons. The fourth-order valence-electron chi connectivity index (χ4n) is 2.36. The Balaban J connectivity index is 1.81. The van der Waals surface area contributed by atoms with Gasteiger partial charge in [0.25, 0.3) is 0 Å². The molecule has 3 aromatic rings. The van der Waals surface area contributed by atoms with Gasteiger partial charge in [0.1, 0.15) is 10.3 Å². The monoisotopic (exact) mass is 481 g/mol. The molecular formula is C20H15BrF3N3O3. The van der Waals surface area contributed by atoms with Crippen molar-refractivity contribution in [3.05, 3.63) is 70.8 Å². The van der Waals surface area contributed by atoms with E-state index in [1.807, 2.05) is 19.1 Å². The zero-order chi connectivity index (χ0) is 21.7. The quantitative estimate of drug-likeness (QED) is 0.408.